The molecule has 68 valence electrons. The highest BCUT2D eigenvalue weighted by Gasteiger charge is 2.17. The Labute approximate surface area is 90.6 Å². The maximum absolute atomic E-state index is 11.3. The highest BCUT2D eigenvalue weighted by molar-refractivity contribution is 9.25. The zero-order chi connectivity index (χ0) is 9.56. The second-order valence-electron chi connectivity index (χ2n) is 2.52. The third kappa shape index (κ3) is 4.95. The van der Waals surface area contributed by atoms with Gasteiger partial charge in [0.15, 0.2) is 5.78 Å². The van der Waals surface area contributed by atoms with E-state index in [1.807, 2.05) is 13.8 Å². The van der Waals surface area contributed by atoms with E-state index in [4.69, 9.17) is 0 Å². The van der Waals surface area contributed by atoms with Gasteiger partial charge in [-0.1, -0.05) is 45.7 Å². The lowest BCUT2D eigenvalue weighted by Crippen LogP contribution is -2.16. The SMILES string of the molecule is CCC#CC[C@@H](C)C(=O)C(Br)Br. The van der Waals surface area contributed by atoms with Crippen molar-refractivity contribution in [3.8, 4) is 11.8 Å². The first-order valence-corrected chi connectivity index (χ1v) is 5.70. The fourth-order valence-corrected chi connectivity index (χ4v) is 1.57. The third-order valence-corrected chi connectivity index (χ3v) is 2.31. The van der Waals surface area contributed by atoms with Crippen LogP contribution in [0.1, 0.15) is 26.7 Å². The Balaban J connectivity index is 3.87. The predicted molar refractivity (Wildman–Crippen MR) is 58.5 cm³/mol. The summed E-state index contributed by atoms with van der Waals surface area (Å²) in [5, 5.41) is 0. The fourth-order valence-electron chi connectivity index (χ4n) is 0.666. The number of carbonyl (C=O) groups excluding carboxylic acids is 1. The van der Waals surface area contributed by atoms with Gasteiger partial charge in [0.1, 0.15) is 3.74 Å². The van der Waals surface area contributed by atoms with Crippen molar-refractivity contribution in [3.63, 3.8) is 0 Å². The van der Waals surface area contributed by atoms with Crippen molar-refractivity contribution in [3.05, 3.63) is 0 Å². The molecule has 12 heavy (non-hydrogen) atoms. The number of rotatable bonds is 3. The van der Waals surface area contributed by atoms with Gasteiger partial charge in [-0.25, -0.2) is 0 Å². The van der Waals surface area contributed by atoms with Gasteiger partial charge in [0.25, 0.3) is 0 Å². The van der Waals surface area contributed by atoms with Crippen molar-refractivity contribution >= 4 is 37.6 Å². The highest BCUT2D eigenvalue weighted by Crippen LogP contribution is 2.16. The van der Waals surface area contributed by atoms with E-state index in [9.17, 15) is 4.79 Å². The van der Waals surface area contributed by atoms with Crippen LogP contribution in [0.25, 0.3) is 0 Å². The molecule has 0 spiro atoms. The molecule has 3 heteroatoms. The van der Waals surface area contributed by atoms with Gasteiger partial charge in [0.05, 0.1) is 0 Å². The summed E-state index contributed by atoms with van der Waals surface area (Å²) in [5.74, 6) is 6.06. The molecule has 0 N–H and O–H groups in total. The minimum atomic E-state index is -0.233. The number of carbonyl (C=O) groups is 1. The van der Waals surface area contributed by atoms with Crippen molar-refractivity contribution in [1.82, 2.24) is 0 Å². The molecule has 0 amide bonds. The first-order valence-electron chi connectivity index (χ1n) is 3.87. The van der Waals surface area contributed by atoms with Gasteiger partial charge < -0.3 is 0 Å². The molecular formula is C9H12Br2O. The van der Waals surface area contributed by atoms with E-state index in [1.165, 1.54) is 0 Å². The summed E-state index contributed by atoms with van der Waals surface area (Å²) >= 11 is 6.34. The lowest BCUT2D eigenvalue weighted by molar-refractivity contribution is -0.120. The van der Waals surface area contributed by atoms with Crippen LogP contribution in [-0.4, -0.2) is 9.52 Å². The van der Waals surface area contributed by atoms with Crippen LogP contribution >= 0.6 is 31.9 Å². The Bertz CT molecular complexity index is 200. The topological polar surface area (TPSA) is 17.1 Å². The second kappa shape index (κ2) is 6.68. The molecule has 0 aromatic heterocycles. The van der Waals surface area contributed by atoms with E-state index in [1.54, 1.807) is 0 Å². The largest absolute Gasteiger partial charge is 0.297 e. The van der Waals surface area contributed by atoms with Gasteiger partial charge in [-0.05, 0) is 0 Å². The monoisotopic (exact) mass is 294 g/mol. The van der Waals surface area contributed by atoms with Gasteiger partial charge in [-0.2, -0.15) is 0 Å². The Morgan fingerprint density at radius 2 is 2.00 bits per heavy atom. The van der Waals surface area contributed by atoms with Crippen LogP contribution in [-0.2, 0) is 4.79 Å². The Hall–Kier alpha value is 0.190. The van der Waals surface area contributed by atoms with E-state index < -0.39 is 0 Å². The Kier molecular flexibility index (Phi) is 6.78. The predicted octanol–water partition coefficient (Wildman–Crippen LogP) is 3.11. The standard InChI is InChI=1S/C9H12Br2O/c1-3-4-5-6-7(2)8(12)9(10)11/h7,9H,3,6H2,1-2H3/t7-/m1/s1. The molecule has 0 aromatic carbocycles. The summed E-state index contributed by atoms with van der Waals surface area (Å²) in [5.41, 5.74) is 0. The first-order chi connectivity index (χ1) is 5.59. The number of hydrogen-bond donors (Lipinski definition) is 0. The lowest BCUT2D eigenvalue weighted by Gasteiger charge is -2.06. The number of alkyl halides is 2. The highest BCUT2D eigenvalue weighted by atomic mass is 79.9. The molecule has 0 fully saturated rings. The lowest BCUT2D eigenvalue weighted by atomic mass is 10.0. The van der Waals surface area contributed by atoms with Gasteiger partial charge in [0, 0.05) is 18.8 Å². The van der Waals surface area contributed by atoms with Crippen molar-refractivity contribution < 1.29 is 4.79 Å². The van der Waals surface area contributed by atoms with Gasteiger partial charge in [0.2, 0.25) is 0 Å². The van der Waals surface area contributed by atoms with Crippen LogP contribution in [0.4, 0.5) is 0 Å². The van der Waals surface area contributed by atoms with E-state index in [-0.39, 0.29) is 15.4 Å². The van der Waals surface area contributed by atoms with Crippen molar-refractivity contribution in [1.29, 1.82) is 0 Å². The molecule has 0 rings (SSSR count). The minimum Gasteiger partial charge on any atom is -0.297 e. The van der Waals surface area contributed by atoms with E-state index in [2.05, 4.69) is 43.7 Å². The molecule has 0 heterocycles. The maximum Gasteiger partial charge on any atom is 0.160 e. The number of ketones is 1. The van der Waals surface area contributed by atoms with Crippen molar-refractivity contribution in [2.75, 3.05) is 0 Å². The van der Waals surface area contributed by atoms with E-state index in [0.717, 1.165) is 6.42 Å². The fraction of sp³-hybridized carbons (Fsp3) is 0.667. The molecule has 0 aromatic rings. The Morgan fingerprint density at radius 3 is 2.42 bits per heavy atom. The van der Waals surface area contributed by atoms with E-state index >= 15 is 0 Å². The average Bonchev–Trinajstić information content (AvgIpc) is 2.03. The molecular weight excluding hydrogens is 284 g/mol. The molecule has 0 saturated heterocycles. The molecule has 0 aliphatic rings. The van der Waals surface area contributed by atoms with Crippen LogP contribution < -0.4 is 0 Å². The molecule has 0 aliphatic carbocycles. The maximum atomic E-state index is 11.3. The third-order valence-electron chi connectivity index (χ3n) is 1.41. The molecule has 0 bridgehead atoms. The molecule has 0 saturated carbocycles. The minimum absolute atomic E-state index is 0.00722. The van der Waals surface area contributed by atoms with Gasteiger partial charge in [-0.15, -0.1) is 11.8 Å². The molecule has 0 aliphatic heterocycles. The summed E-state index contributed by atoms with van der Waals surface area (Å²) in [7, 11) is 0. The summed E-state index contributed by atoms with van der Waals surface area (Å²) < 4.78 is -0.233. The molecule has 0 radical (unpaired) electrons. The zero-order valence-electron chi connectivity index (χ0n) is 7.23. The van der Waals surface area contributed by atoms with Crippen molar-refractivity contribution in [2.24, 2.45) is 5.92 Å². The number of Topliss-reactive ketones (excluding diaryl/α,β-unsaturated/α-hetero) is 1. The van der Waals surface area contributed by atoms with Crippen molar-refractivity contribution in [2.45, 2.75) is 30.4 Å². The zero-order valence-corrected chi connectivity index (χ0v) is 10.4. The molecule has 1 nitrogen and oxygen atoms in total. The summed E-state index contributed by atoms with van der Waals surface area (Å²) in [4.78, 5) is 11.3. The smallest absolute Gasteiger partial charge is 0.160 e. The van der Waals surface area contributed by atoms with Crippen LogP contribution in [0, 0.1) is 17.8 Å². The van der Waals surface area contributed by atoms with Crippen LogP contribution in [0.5, 0.6) is 0 Å². The van der Waals surface area contributed by atoms with Gasteiger partial charge >= 0.3 is 0 Å². The summed E-state index contributed by atoms with van der Waals surface area (Å²) in [6.07, 6.45) is 1.51. The van der Waals surface area contributed by atoms with Crippen LogP contribution in [0.15, 0.2) is 0 Å². The first kappa shape index (κ1) is 12.2. The molecule has 0 unspecified atom stereocenters. The average molecular weight is 296 g/mol. The van der Waals surface area contributed by atoms with Gasteiger partial charge in [-0.3, -0.25) is 4.79 Å². The summed E-state index contributed by atoms with van der Waals surface area (Å²) in [6.45, 7) is 3.89. The quantitative estimate of drug-likeness (QED) is 0.577. The number of hydrogen-bond acceptors (Lipinski definition) is 1. The Morgan fingerprint density at radius 1 is 1.42 bits per heavy atom. The summed E-state index contributed by atoms with van der Waals surface area (Å²) in [6, 6.07) is 0. The van der Waals surface area contributed by atoms with Crippen LogP contribution in [0.3, 0.4) is 0 Å². The van der Waals surface area contributed by atoms with E-state index in [0.29, 0.717) is 6.42 Å². The van der Waals surface area contributed by atoms with Crippen LogP contribution in [0.2, 0.25) is 0 Å². The normalized spacial score (nSPS) is 12.1. The molecule has 1 atom stereocenters. The second-order valence-corrected chi connectivity index (χ2v) is 5.58. The number of halogens is 2.